The zero-order valence-corrected chi connectivity index (χ0v) is 5.87. The van der Waals surface area contributed by atoms with Crippen LogP contribution in [0.2, 0.25) is 0 Å². The molecule has 0 aliphatic carbocycles. The first-order valence-electron chi connectivity index (χ1n) is 3.10. The summed E-state index contributed by atoms with van der Waals surface area (Å²) in [5, 5.41) is 0. The van der Waals surface area contributed by atoms with Crippen molar-refractivity contribution in [1.29, 1.82) is 0 Å². The number of nitrogens with zero attached hydrogens (tertiary/aromatic N) is 1. The molecule has 0 saturated heterocycles. The van der Waals surface area contributed by atoms with Crippen LogP contribution in [0.3, 0.4) is 0 Å². The number of aliphatic imine (C=N–C) groups is 1. The molecule has 0 fully saturated rings. The summed E-state index contributed by atoms with van der Waals surface area (Å²) in [5.74, 6) is 0.719. The molecule has 0 spiro atoms. The van der Waals surface area contributed by atoms with Crippen LogP contribution in [0.25, 0.3) is 0 Å². The molecule has 0 aromatic rings. The van der Waals surface area contributed by atoms with Gasteiger partial charge in [-0.1, -0.05) is 0 Å². The Morgan fingerprint density at radius 1 is 1.70 bits per heavy atom. The highest BCUT2D eigenvalue weighted by molar-refractivity contribution is 5.78. The van der Waals surface area contributed by atoms with Gasteiger partial charge in [-0.2, -0.15) is 0 Å². The highest BCUT2D eigenvalue weighted by atomic mass is 16.5. The molecule has 0 bridgehead atoms. The minimum atomic E-state index is 0.719. The molecule has 1 aliphatic heterocycles. The lowest BCUT2D eigenvalue weighted by Gasteiger charge is -1.98. The normalized spacial score (nSPS) is 24.3. The molecule has 1 heterocycles. The summed E-state index contributed by atoms with van der Waals surface area (Å²) >= 11 is 0. The van der Waals surface area contributed by atoms with Gasteiger partial charge in [-0.25, -0.2) is 4.99 Å². The fourth-order valence-corrected chi connectivity index (χ4v) is 0.628. The van der Waals surface area contributed by atoms with Crippen LogP contribution in [0.1, 0.15) is 6.42 Å². The second kappa shape index (κ2) is 3.70. The monoisotopic (exact) mass is 135 g/mol. The molecule has 0 aromatic carbocycles. The van der Waals surface area contributed by atoms with E-state index in [1.807, 2.05) is 18.2 Å². The Balaban J connectivity index is 2.71. The Kier molecular flexibility index (Phi) is 2.53. The number of methoxy groups -OCH3 is 1. The first kappa shape index (κ1) is 6.84. The van der Waals surface area contributed by atoms with Crippen LogP contribution in [-0.2, 0) is 4.74 Å². The molecule has 0 radical (unpaired) electrons. The average molecular weight is 135 g/mol. The van der Waals surface area contributed by atoms with Crippen LogP contribution < -0.4 is 0 Å². The van der Waals surface area contributed by atoms with Gasteiger partial charge in [0.1, 0.15) is 0 Å². The maximum Gasteiger partial charge on any atom is 0.192 e. The minimum absolute atomic E-state index is 0.719. The number of rotatable bonds is 0. The van der Waals surface area contributed by atoms with Gasteiger partial charge in [-0.05, 0) is 18.2 Å². The van der Waals surface area contributed by atoms with Gasteiger partial charge in [0, 0.05) is 12.6 Å². The predicted octanol–water partition coefficient (Wildman–Crippen LogP) is 1.66. The van der Waals surface area contributed by atoms with Crippen LogP contribution in [-0.4, -0.2) is 13.0 Å². The Morgan fingerprint density at radius 3 is 3.40 bits per heavy atom. The summed E-state index contributed by atoms with van der Waals surface area (Å²) < 4.78 is 4.94. The second-order valence-electron chi connectivity index (χ2n) is 1.81. The summed E-state index contributed by atoms with van der Waals surface area (Å²) in [4.78, 5) is 4.01. The standard InChI is InChI=1S/C8H9NO/c1-10-8-6-4-2-3-5-7-9-8/h3-5,7H,6H2,1H3/b7-5-,9-8+. The number of hydrogen-bond donors (Lipinski definition) is 0. The summed E-state index contributed by atoms with van der Waals surface area (Å²) in [6.07, 6.45) is 7.92. The highest BCUT2D eigenvalue weighted by Gasteiger charge is 1.91. The van der Waals surface area contributed by atoms with Crippen LogP contribution >= 0.6 is 0 Å². The summed E-state index contributed by atoms with van der Waals surface area (Å²) in [5.41, 5.74) is 2.95. The van der Waals surface area contributed by atoms with E-state index in [0.29, 0.717) is 0 Å². The van der Waals surface area contributed by atoms with Gasteiger partial charge in [0.15, 0.2) is 5.90 Å². The molecule has 1 aliphatic rings. The summed E-state index contributed by atoms with van der Waals surface area (Å²) in [6.45, 7) is 0. The first-order chi connectivity index (χ1) is 4.93. The summed E-state index contributed by atoms with van der Waals surface area (Å²) in [6, 6.07) is 0. The molecule has 0 N–H and O–H groups in total. The van der Waals surface area contributed by atoms with Gasteiger partial charge in [-0.15, -0.1) is 5.73 Å². The second-order valence-corrected chi connectivity index (χ2v) is 1.81. The fourth-order valence-electron chi connectivity index (χ4n) is 0.628. The van der Waals surface area contributed by atoms with E-state index in [9.17, 15) is 0 Å². The van der Waals surface area contributed by atoms with E-state index < -0.39 is 0 Å². The minimum Gasteiger partial charge on any atom is -0.484 e. The van der Waals surface area contributed by atoms with Crippen molar-refractivity contribution < 1.29 is 4.74 Å². The number of hydrogen-bond acceptors (Lipinski definition) is 2. The molecule has 2 nitrogen and oxygen atoms in total. The van der Waals surface area contributed by atoms with E-state index in [1.54, 1.807) is 13.3 Å². The van der Waals surface area contributed by atoms with Crippen molar-refractivity contribution in [2.75, 3.05) is 7.11 Å². The van der Waals surface area contributed by atoms with Gasteiger partial charge >= 0.3 is 0 Å². The van der Waals surface area contributed by atoms with Crippen LogP contribution in [0.15, 0.2) is 35.2 Å². The van der Waals surface area contributed by atoms with Gasteiger partial charge in [0.05, 0.1) is 7.11 Å². The highest BCUT2D eigenvalue weighted by Crippen LogP contribution is 1.93. The average Bonchev–Trinajstić information content (AvgIpc) is 1.87. The van der Waals surface area contributed by atoms with E-state index in [-0.39, 0.29) is 0 Å². The van der Waals surface area contributed by atoms with Gasteiger partial charge < -0.3 is 4.74 Å². The molecule has 1 rings (SSSR count). The number of ether oxygens (including phenoxy) is 1. The molecule has 0 amide bonds. The zero-order chi connectivity index (χ0) is 7.23. The lowest BCUT2D eigenvalue weighted by atomic mass is 10.4. The topological polar surface area (TPSA) is 21.6 Å². The van der Waals surface area contributed by atoms with E-state index in [1.165, 1.54) is 0 Å². The van der Waals surface area contributed by atoms with Gasteiger partial charge in [-0.3, -0.25) is 0 Å². The maximum atomic E-state index is 4.94. The third kappa shape index (κ3) is 1.92. The summed E-state index contributed by atoms with van der Waals surface area (Å²) in [7, 11) is 1.62. The molecule has 52 valence electrons. The SMILES string of the molecule is CO/C1=N/C=C\C=C=CC1. The first-order valence-corrected chi connectivity index (χ1v) is 3.10. The van der Waals surface area contributed by atoms with Gasteiger partial charge in [0.2, 0.25) is 0 Å². The maximum absolute atomic E-state index is 4.94. The van der Waals surface area contributed by atoms with Gasteiger partial charge in [0.25, 0.3) is 0 Å². The van der Waals surface area contributed by atoms with E-state index in [4.69, 9.17) is 4.74 Å². The molecule has 0 unspecified atom stereocenters. The third-order valence-electron chi connectivity index (χ3n) is 1.13. The lowest BCUT2D eigenvalue weighted by molar-refractivity contribution is 0.395. The molecule has 0 aromatic heterocycles. The van der Waals surface area contributed by atoms with Crippen molar-refractivity contribution in [2.45, 2.75) is 6.42 Å². The Bertz CT molecular complexity index is 219. The van der Waals surface area contributed by atoms with E-state index in [2.05, 4.69) is 10.7 Å². The molecule has 10 heavy (non-hydrogen) atoms. The van der Waals surface area contributed by atoms with Crippen LogP contribution in [0.4, 0.5) is 0 Å². The van der Waals surface area contributed by atoms with Crippen molar-refractivity contribution in [3.05, 3.63) is 30.2 Å². The third-order valence-corrected chi connectivity index (χ3v) is 1.13. The van der Waals surface area contributed by atoms with Crippen LogP contribution in [0.5, 0.6) is 0 Å². The Morgan fingerprint density at radius 2 is 2.60 bits per heavy atom. The molecular weight excluding hydrogens is 126 g/mol. The largest absolute Gasteiger partial charge is 0.484 e. The smallest absolute Gasteiger partial charge is 0.192 e. The predicted molar refractivity (Wildman–Crippen MR) is 40.9 cm³/mol. The quantitative estimate of drug-likeness (QED) is 0.463. The molecular formula is C8H9NO. The molecule has 0 atom stereocenters. The van der Waals surface area contributed by atoms with Crippen molar-refractivity contribution in [2.24, 2.45) is 4.99 Å². The fraction of sp³-hybridized carbons (Fsp3) is 0.250. The Labute approximate surface area is 60.2 Å². The molecule has 0 saturated carbocycles. The molecule has 2 heteroatoms. The Hall–Kier alpha value is -1.27. The zero-order valence-electron chi connectivity index (χ0n) is 5.87. The van der Waals surface area contributed by atoms with Crippen molar-refractivity contribution in [3.8, 4) is 0 Å². The van der Waals surface area contributed by atoms with Crippen molar-refractivity contribution >= 4 is 5.90 Å². The van der Waals surface area contributed by atoms with Crippen LogP contribution in [0, 0.1) is 0 Å². The van der Waals surface area contributed by atoms with Crippen molar-refractivity contribution in [1.82, 2.24) is 0 Å². The number of allylic oxidation sites excluding steroid dienone is 1. The lowest BCUT2D eigenvalue weighted by Crippen LogP contribution is -1.97. The van der Waals surface area contributed by atoms with E-state index >= 15 is 0 Å². The van der Waals surface area contributed by atoms with Crippen molar-refractivity contribution in [3.63, 3.8) is 0 Å². The van der Waals surface area contributed by atoms with E-state index in [0.717, 1.165) is 12.3 Å².